The molecule has 20 heavy (non-hydrogen) atoms. The van der Waals surface area contributed by atoms with Gasteiger partial charge >= 0.3 is 5.51 Å². The Bertz CT molecular complexity index is 566. The molecule has 0 saturated carbocycles. The minimum absolute atomic E-state index is 0.121. The molecule has 0 aliphatic heterocycles. The van der Waals surface area contributed by atoms with Crippen molar-refractivity contribution >= 4 is 17.4 Å². The summed E-state index contributed by atoms with van der Waals surface area (Å²) in [5.41, 5.74) is -3.85. The van der Waals surface area contributed by atoms with Gasteiger partial charge in [-0.05, 0) is 36.0 Å². The summed E-state index contributed by atoms with van der Waals surface area (Å²) >= 11 is -0.121. The molecule has 0 spiro atoms. The van der Waals surface area contributed by atoms with E-state index in [9.17, 15) is 13.2 Å². The van der Waals surface area contributed by atoms with Crippen LogP contribution in [0.5, 0.6) is 0 Å². The number of halogens is 3. The van der Waals surface area contributed by atoms with Crippen LogP contribution >= 0.6 is 11.8 Å². The molecule has 1 aromatic carbocycles. The summed E-state index contributed by atoms with van der Waals surface area (Å²) in [6.45, 7) is 2.33. The van der Waals surface area contributed by atoms with Gasteiger partial charge in [-0.1, -0.05) is 19.1 Å². The Hall–Kier alpha value is -1.56. The van der Waals surface area contributed by atoms with Crippen LogP contribution in [0, 0.1) is 0 Å². The topological polar surface area (TPSA) is 25.2 Å². The SMILES string of the molecule is CCc1ccc(CNc2ccccc2SC(F)(F)F)o1. The zero-order chi connectivity index (χ0) is 14.6. The molecular weight excluding hydrogens is 287 g/mol. The molecule has 2 aromatic rings. The van der Waals surface area contributed by atoms with Crippen LogP contribution in [0.15, 0.2) is 45.7 Å². The van der Waals surface area contributed by atoms with Crippen LogP contribution in [0.25, 0.3) is 0 Å². The van der Waals surface area contributed by atoms with Gasteiger partial charge in [-0.25, -0.2) is 0 Å². The lowest BCUT2D eigenvalue weighted by Crippen LogP contribution is -2.03. The van der Waals surface area contributed by atoms with Crippen LogP contribution in [-0.2, 0) is 13.0 Å². The Labute approximate surface area is 119 Å². The molecule has 6 heteroatoms. The number of furan rings is 1. The average molecular weight is 301 g/mol. The van der Waals surface area contributed by atoms with Crippen molar-refractivity contribution in [1.29, 1.82) is 0 Å². The normalized spacial score (nSPS) is 11.6. The fourth-order valence-corrected chi connectivity index (χ4v) is 2.36. The zero-order valence-corrected chi connectivity index (χ0v) is 11.6. The average Bonchev–Trinajstić information content (AvgIpc) is 2.84. The first-order valence-corrected chi connectivity index (χ1v) is 6.96. The Morgan fingerprint density at radius 2 is 1.80 bits per heavy atom. The van der Waals surface area contributed by atoms with Gasteiger partial charge in [0.1, 0.15) is 11.5 Å². The molecule has 2 rings (SSSR count). The lowest BCUT2D eigenvalue weighted by molar-refractivity contribution is -0.0327. The monoisotopic (exact) mass is 301 g/mol. The van der Waals surface area contributed by atoms with E-state index < -0.39 is 5.51 Å². The van der Waals surface area contributed by atoms with Crippen LogP contribution in [0.1, 0.15) is 18.4 Å². The van der Waals surface area contributed by atoms with Crippen molar-refractivity contribution in [1.82, 2.24) is 0 Å². The summed E-state index contributed by atoms with van der Waals surface area (Å²) < 4.78 is 42.9. The number of anilines is 1. The maximum Gasteiger partial charge on any atom is 0.446 e. The Balaban J connectivity index is 2.05. The summed E-state index contributed by atoms with van der Waals surface area (Å²) in [6.07, 6.45) is 0.792. The van der Waals surface area contributed by atoms with Gasteiger partial charge < -0.3 is 9.73 Å². The van der Waals surface area contributed by atoms with Gasteiger partial charge in [0.15, 0.2) is 0 Å². The predicted octanol–water partition coefficient (Wildman–Crippen LogP) is 5.07. The second-order valence-corrected chi connectivity index (χ2v) is 5.23. The minimum atomic E-state index is -4.29. The van der Waals surface area contributed by atoms with E-state index in [1.165, 1.54) is 6.07 Å². The van der Waals surface area contributed by atoms with Gasteiger partial charge in [-0.3, -0.25) is 0 Å². The number of benzene rings is 1. The van der Waals surface area contributed by atoms with Crippen LogP contribution < -0.4 is 5.32 Å². The highest BCUT2D eigenvalue weighted by Gasteiger charge is 2.30. The van der Waals surface area contributed by atoms with Gasteiger partial charge in [-0.15, -0.1) is 0 Å². The second-order valence-electron chi connectivity index (χ2n) is 4.12. The molecular formula is C14H14F3NOS. The molecule has 0 atom stereocenters. The summed E-state index contributed by atoms with van der Waals surface area (Å²) in [7, 11) is 0. The lowest BCUT2D eigenvalue weighted by atomic mass is 10.3. The number of hydrogen-bond donors (Lipinski definition) is 1. The molecule has 1 heterocycles. The standard InChI is InChI=1S/C14H14F3NOS/c1-2-10-7-8-11(19-10)9-18-12-5-3-4-6-13(12)20-14(15,16)17/h3-8,18H,2,9H2,1H3. The minimum Gasteiger partial charge on any atom is -0.464 e. The summed E-state index contributed by atoms with van der Waals surface area (Å²) in [5.74, 6) is 1.56. The molecule has 0 saturated heterocycles. The number of aryl methyl sites for hydroxylation is 1. The van der Waals surface area contributed by atoms with Crippen molar-refractivity contribution in [3.05, 3.63) is 47.9 Å². The van der Waals surface area contributed by atoms with E-state index in [0.29, 0.717) is 18.0 Å². The first-order chi connectivity index (χ1) is 9.48. The van der Waals surface area contributed by atoms with Crippen LogP contribution in [0.4, 0.5) is 18.9 Å². The van der Waals surface area contributed by atoms with Crippen LogP contribution in [0.2, 0.25) is 0 Å². The maximum absolute atomic E-state index is 12.5. The third-order valence-electron chi connectivity index (χ3n) is 2.63. The molecule has 108 valence electrons. The molecule has 1 N–H and O–H groups in total. The van der Waals surface area contributed by atoms with Crippen molar-refractivity contribution in [3.63, 3.8) is 0 Å². The maximum atomic E-state index is 12.5. The van der Waals surface area contributed by atoms with Gasteiger partial charge in [0.25, 0.3) is 0 Å². The number of para-hydroxylation sites is 1. The molecule has 0 bridgehead atoms. The highest BCUT2D eigenvalue weighted by atomic mass is 32.2. The molecule has 1 aromatic heterocycles. The fraction of sp³-hybridized carbons (Fsp3) is 0.286. The number of hydrogen-bond acceptors (Lipinski definition) is 3. The van der Waals surface area contributed by atoms with Crippen molar-refractivity contribution in [3.8, 4) is 0 Å². The Morgan fingerprint density at radius 3 is 2.45 bits per heavy atom. The molecule has 0 aliphatic rings. The fourth-order valence-electron chi connectivity index (χ4n) is 1.72. The summed E-state index contributed by atoms with van der Waals surface area (Å²) in [4.78, 5) is 0.155. The van der Waals surface area contributed by atoms with E-state index in [2.05, 4.69) is 5.32 Å². The Kier molecular flexibility index (Phi) is 4.65. The van der Waals surface area contributed by atoms with Gasteiger partial charge in [0.2, 0.25) is 0 Å². The molecule has 0 unspecified atom stereocenters. The van der Waals surface area contributed by atoms with Crippen molar-refractivity contribution in [2.75, 3.05) is 5.32 Å². The molecule has 2 nitrogen and oxygen atoms in total. The van der Waals surface area contributed by atoms with Crippen molar-refractivity contribution in [2.24, 2.45) is 0 Å². The Morgan fingerprint density at radius 1 is 1.10 bits per heavy atom. The van der Waals surface area contributed by atoms with Crippen LogP contribution in [0.3, 0.4) is 0 Å². The van der Waals surface area contributed by atoms with Gasteiger partial charge in [0.05, 0.1) is 6.54 Å². The third-order valence-corrected chi connectivity index (χ3v) is 3.44. The molecule has 0 fully saturated rings. The van der Waals surface area contributed by atoms with Crippen molar-refractivity contribution < 1.29 is 17.6 Å². The smallest absolute Gasteiger partial charge is 0.446 e. The summed E-state index contributed by atoms with van der Waals surface area (Å²) in [5, 5.41) is 2.97. The number of nitrogens with one attached hydrogen (secondary N) is 1. The molecule has 0 amide bonds. The number of thioether (sulfide) groups is 1. The van der Waals surface area contributed by atoms with E-state index in [1.807, 2.05) is 19.1 Å². The molecule has 0 aliphatic carbocycles. The highest BCUT2D eigenvalue weighted by Crippen LogP contribution is 2.40. The lowest BCUT2D eigenvalue weighted by Gasteiger charge is -2.12. The molecule has 0 radical (unpaired) electrons. The quantitative estimate of drug-likeness (QED) is 0.781. The first kappa shape index (κ1) is 14.8. The largest absolute Gasteiger partial charge is 0.464 e. The predicted molar refractivity (Wildman–Crippen MR) is 73.8 cm³/mol. The number of rotatable bonds is 5. The van der Waals surface area contributed by atoms with E-state index >= 15 is 0 Å². The second kappa shape index (κ2) is 6.26. The third kappa shape index (κ3) is 4.23. The zero-order valence-electron chi connectivity index (χ0n) is 10.8. The van der Waals surface area contributed by atoms with Gasteiger partial charge in [0, 0.05) is 17.0 Å². The van der Waals surface area contributed by atoms with Crippen LogP contribution in [-0.4, -0.2) is 5.51 Å². The first-order valence-electron chi connectivity index (χ1n) is 6.14. The van der Waals surface area contributed by atoms with E-state index in [1.54, 1.807) is 18.2 Å². The number of alkyl halides is 3. The highest BCUT2D eigenvalue weighted by molar-refractivity contribution is 8.00. The summed E-state index contributed by atoms with van der Waals surface area (Å²) in [6, 6.07) is 10.0. The van der Waals surface area contributed by atoms with E-state index in [0.717, 1.165) is 12.2 Å². The van der Waals surface area contributed by atoms with E-state index in [4.69, 9.17) is 4.42 Å². The van der Waals surface area contributed by atoms with Crippen molar-refractivity contribution in [2.45, 2.75) is 30.3 Å². The van der Waals surface area contributed by atoms with E-state index in [-0.39, 0.29) is 16.7 Å². The van der Waals surface area contributed by atoms with Gasteiger partial charge in [-0.2, -0.15) is 13.2 Å².